The van der Waals surface area contributed by atoms with E-state index < -0.39 is 29.8 Å². The molecule has 1 N–H and O–H groups in total. The number of nitrogens with zero attached hydrogens (tertiary/aromatic N) is 3. The van der Waals surface area contributed by atoms with E-state index in [0.29, 0.717) is 29.8 Å². The third-order valence-corrected chi connectivity index (χ3v) is 5.74. The molecular formula is C26H25F3N4O3. The van der Waals surface area contributed by atoms with E-state index in [-0.39, 0.29) is 16.7 Å². The molecule has 0 aliphatic heterocycles. The highest BCUT2D eigenvalue weighted by Gasteiger charge is 2.36. The van der Waals surface area contributed by atoms with E-state index in [9.17, 15) is 22.8 Å². The SMILES string of the molecule is CCOc1ccc(NC(=O)Cn2c(=O)cc(C(F)(F)F)c3c(C)nn(-c4ccc(CC)cc4)c32)cc1. The molecule has 0 bridgehead atoms. The maximum Gasteiger partial charge on any atom is 0.417 e. The van der Waals surface area contributed by atoms with Crippen molar-refractivity contribution < 1.29 is 22.7 Å². The molecule has 188 valence electrons. The molecule has 7 nitrogen and oxygen atoms in total. The first-order chi connectivity index (χ1) is 17.1. The molecule has 4 rings (SSSR count). The molecule has 0 radical (unpaired) electrons. The molecule has 10 heteroatoms. The molecule has 0 aliphatic rings. The normalized spacial score (nSPS) is 11.6. The number of anilines is 1. The van der Waals surface area contributed by atoms with Gasteiger partial charge in [0.2, 0.25) is 5.91 Å². The third-order valence-electron chi connectivity index (χ3n) is 5.74. The molecule has 2 aromatic heterocycles. The van der Waals surface area contributed by atoms with Crippen LogP contribution in [-0.2, 0) is 23.9 Å². The summed E-state index contributed by atoms with van der Waals surface area (Å²) in [6.45, 7) is 5.27. The number of alkyl halides is 3. The number of hydrogen-bond donors (Lipinski definition) is 1. The van der Waals surface area contributed by atoms with Gasteiger partial charge in [-0.3, -0.25) is 14.2 Å². The summed E-state index contributed by atoms with van der Waals surface area (Å²) in [6.07, 6.45) is -3.99. The van der Waals surface area contributed by atoms with Crippen molar-refractivity contribution in [2.24, 2.45) is 0 Å². The van der Waals surface area contributed by atoms with Crippen LogP contribution in [0.2, 0.25) is 0 Å². The molecule has 0 saturated carbocycles. The van der Waals surface area contributed by atoms with Crippen LogP contribution in [-0.4, -0.2) is 26.9 Å². The van der Waals surface area contributed by atoms with Crippen molar-refractivity contribution in [1.29, 1.82) is 0 Å². The Labute approximate surface area is 205 Å². The quantitative estimate of drug-likeness (QED) is 0.384. The van der Waals surface area contributed by atoms with Gasteiger partial charge < -0.3 is 10.1 Å². The number of carbonyl (C=O) groups is 1. The number of aromatic nitrogens is 3. The number of benzene rings is 2. The zero-order valence-corrected chi connectivity index (χ0v) is 20.0. The first-order valence-corrected chi connectivity index (χ1v) is 11.4. The minimum Gasteiger partial charge on any atom is -0.494 e. The molecule has 2 heterocycles. The predicted molar refractivity (Wildman–Crippen MR) is 131 cm³/mol. The molecule has 0 aliphatic carbocycles. The first kappa shape index (κ1) is 25.0. The summed E-state index contributed by atoms with van der Waals surface area (Å²) in [4.78, 5) is 25.8. The number of amides is 1. The molecule has 4 aromatic rings. The second-order valence-corrected chi connectivity index (χ2v) is 8.20. The number of halogens is 3. The molecule has 1 amide bonds. The van der Waals surface area contributed by atoms with E-state index in [1.165, 1.54) is 11.6 Å². The first-order valence-electron chi connectivity index (χ1n) is 11.4. The maximum atomic E-state index is 13.9. The summed E-state index contributed by atoms with van der Waals surface area (Å²) in [6, 6.07) is 14.3. The summed E-state index contributed by atoms with van der Waals surface area (Å²) in [5.74, 6) is 0.0543. The summed E-state index contributed by atoms with van der Waals surface area (Å²) in [5, 5.41) is 6.77. The van der Waals surface area contributed by atoms with E-state index in [2.05, 4.69) is 10.4 Å². The number of aryl methyl sites for hydroxylation is 2. The zero-order chi connectivity index (χ0) is 26.0. The molecular weight excluding hydrogens is 473 g/mol. The number of hydrogen-bond acceptors (Lipinski definition) is 4. The predicted octanol–water partition coefficient (Wildman–Crippen LogP) is 5.11. The van der Waals surface area contributed by atoms with Gasteiger partial charge in [-0.15, -0.1) is 0 Å². The average Bonchev–Trinajstić information content (AvgIpc) is 3.18. The number of carbonyl (C=O) groups excluding carboxylic acids is 1. The zero-order valence-electron chi connectivity index (χ0n) is 20.0. The summed E-state index contributed by atoms with van der Waals surface area (Å²) < 4.78 is 49.3. The summed E-state index contributed by atoms with van der Waals surface area (Å²) >= 11 is 0. The smallest absolute Gasteiger partial charge is 0.417 e. The molecule has 0 atom stereocenters. The summed E-state index contributed by atoms with van der Waals surface area (Å²) in [5.41, 5.74) is -0.0715. The van der Waals surface area contributed by atoms with Crippen LogP contribution < -0.4 is 15.6 Å². The monoisotopic (exact) mass is 498 g/mol. The van der Waals surface area contributed by atoms with Crippen LogP contribution in [0.4, 0.5) is 18.9 Å². The van der Waals surface area contributed by atoms with E-state index in [4.69, 9.17) is 4.74 Å². The van der Waals surface area contributed by atoms with Crippen LogP contribution in [0.5, 0.6) is 5.75 Å². The van der Waals surface area contributed by atoms with Gasteiger partial charge in [-0.2, -0.15) is 18.3 Å². The minimum absolute atomic E-state index is 0.0950. The number of pyridine rings is 1. The Morgan fingerprint density at radius 2 is 1.72 bits per heavy atom. The molecule has 2 aromatic carbocycles. The second kappa shape index (κ2) is 9.88. The average molecular weight is 499 g/mol. The topological polar surface area (TPSA) is 78.2 Å². The van der Waals surface area contributed by atoms with Crippen molar-refractivity contribution in [1.82, 2.24) is 14.3 Å². The molecule has 0 saturated heterocycles. The third kappa shape index (κ3) is 4.98. The van der Waals surface area contributed by atoms with E-state index in [0.717, 1.165) is 16.6 Å². The lowest BCUT2D eigenvalue weighted by atomic mass is 10.1. The number of ether oxygens (including phenoxy) is 1. The number of rotatable bonds is 7. The fourth-order valence-electron chi connectivity index (χ4n) is 4.03. The maximum absolute atomic E-state index is 13.9. The van der Waals surface area contributed by atoms with Crippen molar-refractivity contribution in [2.75, 3.05) is 11.9 Å². The lowest BCUT2D eigenvalue weighted by molar-refractivity contribution is -0.136. The highest BCUT2D eigenvalue weighted by Crippen LogP contribution is 2.36. The van der Waals surface area contributed by atoms with Crippen LogP contribution in [0.1, 0.15) is 30.7 Å². The Morgan fingerprint density at radius 1 is 1.06 bits per heavy atom. The van der Waals surface area contributed by atoms with Gasteiger partial charge in [-0.1, -0.05) is 19.1 Å². The van der Waals surface area contributed by atoms with E-state index in [1.807, 2.05) is 26.0 Å². The van der Waals surface area contributed by atoms with Crippen LogP contribution in [0, 0.1) is 6.92 Å². The van der Waals surface area contributed by atoms with Crippen LogP contribution in [0.3, 0.4) is 0 Å². The van der Waals surface area contributed by atoms with Crippen molar-refractivity contribution in [3.63, 3.8) is 0 Å². The lowest BCUT2D eigenvalue weighted by Crippen LogP contribution is -2.30. The molecule has 0 spiro atoms. The fourth-order valence-corrected chi connectivity index (χ4v) is 4.03. The van der Waals surface area contributed by atoms with Crippen molar-refractivity contribution in [2.45, 2.75) is 39.9 Å². The van der Waals surface area contributed by atoms with Crippen LogP contribution in [0.15, 0.2) is 59.4 Å². The Balaban J connectivity index is 1.80. The molecule has 0 unspecified atom stereocenters. The van der Waals surface area contributed by atoms with Gasteiger partial charge in [-0.05, 0) is 62.2 Å². The Kier molecular flexibility index (Phi) is 6.87. The Bertz CT molecular complexity index is 1450. The highest BCUT2D eigenvalue weighted by molar-refractivity contribution is 5.92. The van der Waals surface area contributed by atoms with E-state index in [1.54, 1.807) is 36.4 Å². The van der Waals surface area contributed by atoms with Crippen molar-refractivity contribution in [3.8, 4) is 11.4 Å². The highest BCUT2D eigenvalue weighted by atomic mass is 19.4. The molecule has 0 fully saturated rings. The number of fused-ring (bicyclic) bond motifs is 1. The van der Waals surface area contributed by atoms with Gasteiger partial charge in [-0.25, -0.2) is 4.68 Å². The van der Waals surface area contributed by atoms with Gasteiger partial charge in [0.25, 0.3) is 5.56 Å². The van der Waals surface area contributed by atoms with Gasteiger partial charge in [0.05, 0.1) is 28.9 Å². The van der Waals surface area contributed by atoms with Gasteiger partial charge in [0, 0.05) is 11.8 Å². The van der Waals surface area contributed by atoms with Crippen LogP contribution in [0.25, 0.3) is 16.7 Å². The van der Waals surface area contributed by atoms with Crippen molar-refractivity contribution in [3.05, 3.63) is 81.8 Å². The number of nitrogens with one attached hydrogen (secondary N) is 1. The van der Waals surface area contributed by atoms with E-state index >= 15 is 0 Å². The Hall–Kier alpha value is -4.08. The molecule has 36 heavy (non-hydrogen) atoms. The minimum atomic E-state index is -4.77. The standard InChI is InChI=1S/C26H25F3N4O3/c1-4-17-6-10-19(11-7-17)33-25-24(16(3)31-33)21(26(27,28)29)14-23(35)32(25)15-22(34)30-18-8-12-20(13-9-18)36-5-2/h6-14H,4-5,15H2,1-3H3,(H,30,34). The van der Waals surface area contributed by atoms with Gasteiger partial charge in [0.15, 0.2) is 0 Å². The largest absolute Gasteiger partial charge is 0.494 e. The second-order valence-electron chi connectivity index (χ2n) is 8.20. The summed E-state index contributed by atoms with van der Waals surface area (Å²) in [7, 11) is 0. The Morgan fingerprint density at radius 3 is 2.31 bits per heavy atom. The van der Waals surface area contributed by atoms with Crippen LogP contribution >= 0.6 is 0 Å². The van der Waals surface area contributed by atoms with Crippen molar-refractivity contribution >= 4 is 22.6 Å². The lowest BCUT2D eigenvalue weighted by Gasteiger charge is -2.15. The fraction of sp³-hybridized carbons (Fsp3) is 0.269. The van der Waals surface area contributed by atoms with Gasteiger partial charge >= 0.3 is 6.18 Å². The van der Waals surface area contributed by atoms with Gasteiger partial charge in [0.1, 0.15) is 17.9 Å².